The van der Waals surface area contributed by atoms with E-state index in [4.69, 9.17) is 0 Å². The molecule has 1 aromatic rings. The molecule has 0 saturated carbocycles. The smallest absolute Gasteiger partial charge is 0.287 e. The number of nitro groups is 1. The van der Waals surface area contributed by atoms with Crippen LogP contribution in [0, 0.1) is 16.0 Å². The molecule has 0 radical (unpaired) electrons. The van der Waals surface area contributed by atoms with Crippen LogP contribution < -0.4 is 10.2 Å². The van der Waals surface area contributed by atoms with Gasteiger partial charge in [-0.3, -0.25) is 10.1 Å². The molecule has 0 amide bonds. The van der Waals surface area contributed by atoms with Gasteiger partial charge in [-0.2, -0.15) is 0 Å². The van der Waals surface area contributed by atoms with E-state index in [0.29, 0.717) is 12.0 Å². The van der Waals surface area contributed by atoms with Gasteiger partial charge in [-0.05, 0) is 51.8 Å². The molecule has 6 nitrogen and oxygen atoms in total. The summed E-state index contributed by atoms with van der Waals surface area (Å²) in [6, 6.07) is 3.61. The summed E-state index contributed by atoms with van der Waals surface area (Å²) < 4.78 is 0. The molecule has 20 heavy (non-hydrogen) atoms. The van der Waals surface area contributed by atoms with Crippen molar-refractivity contribution >= 4 is 11.5 Å². The van der Waals surface area contributed by atoms with E-state index >= 15 is 0 Å². The summed E-state index contributed by atoms with van der Waals surface area (Å²) in [5.41, 5.74) is 0.0410. The van der Waals surface area contributed by atoms with E-state index in [2.05, 4.69) is 29.0 Å². The second kappa shape index (κ2) is 6.65. The summed E-state index contributed by atoms with van der Waals surface area (Å²) in [7, 11) is 0. The van der Waals surface area contributed by atoms with Gasteiger partial charge in [-0.25, -0.2) is 4.98 Å². The Balaban J connectivity index is 2.09. The molecule has 0 aromatic carbocycles. The van der Waals surface area contributed by atoms with Crippen molar-refractivity contribution in [3.8, 4) is 0 Å². The molecule has 1 aliphatic heterocycles. The fourth-order valence-electron chi connectivity index (χ4n) is 2.57. The summed E-state index contributed by atoms with van der Waals surface area (Å²) in [6.07, 6.45) is 3.69. The molecule has 0 spiro atoms. The van der Waals surface area contributed by atoms with Gasteiger partial charge >= 0.3 is 0 Å². The normalized spacial score (nSPS) is 16.4. The molecule has 0 atom stereocenters. The van der Waals surface area contributed by atoms with Crippen molar-refractivity contribution < 1.29 is 4.92 Å². The van der Waals surface area contributed by atoms with Crippen LogP contribution in [0.25, 0.3) is 0 Å². The minimum atomic E-state index is -0.413. The van der Waals surface area contributed by atoms with E-state index < -0.39 is 4.92 Å². The maximum absolute atomic E-state index is 10.7. The highest BCUT2D eigenvalue weighted by atomic mass is 16.6. The molecule has 1 aliphatic rings. The van der Waals surface area contributed by atoms with Gasteiger partial charge in [-0.1, -0.05) is 0 Å². The third-order valence-corrected chi connectivity index (χ3v) is 3.77. The summed E-state index contributed by atoms with van der Waals surface area (Å²) in [5, 5.41) is 14.0. The number of hydrogen-bond acceptors (Lipinski definition) is 5. The van der Waals surface area contributed by atoms with Gasteiger partial charge in [0.1, 0.15) is 12.0 Å². The summed E-state index contributed by atoms with van der Waals surface area (Å²) in [6.45, 7) is 7.37. The maximum atomic E-state index is 10.7. The van der Waals surface area contributed by atoms with E-state index in [1.807, 2.05) is 0 Å². The van der Waals surface area contributed by atoms with E-state index in [1.165, 1.54) is 25.1 Å². The van der Waals surface area contributed by atoms with Crippen LogP contribution in [-0.4, -0.2) is 35.6 Å². The lowest BCUT2D eigenvalue weighted by molar-refractivity contribution is -0.385. The number of anilines is 1. The van der Waals surface area contributed by atoms with Crippen LogP contribution >= 0.6 is 0 Å². The first-order valence-corrected chi connectivity index (χ1v) is 7.15. The standard InChI is InChI=1S/C14H22N4O2/c1-11(2)17(10-12-5-7-15-8-6-12)14-4-3-13(9-16-14)18(19)20/h3-4,9,11-12,15H,5-8,10H2,1-2H3. The molecule has 2 rings (SSSR count). The van der Waals surface area contributed by atoms with Crippen LogP contribution in [0.5, 0.6) is 0 Å². The van der Waals surface area contributed by atoms with Crippen molar-refractivity contribution in [1.29, 1.82) is 0 Å². The molecular weight excluding hydrogens is 256 g/mol. The molecule has 1 saturated heterocycles. The predicted octanol–water partition coefficient (Wildman–Crippen LogP) is 2.20. The van der Waals surface area contributed by atoms with Crippen LogP contribution in [-0.2, 0) is 0 Å². The van der Waals surface area contributed by atoms with Gasteiger partial charge in [0.2, 0.25) is 0 Å². The molecule has 1 N–H and O–H groups in total. The zero-order valence-corrected chi connectivity index (χ0v) is 12.1. The van der Waals surface area contributed by atoms with E-state index in [9.17, 15) is 10.1 Å². The monoisotopic (exact) mass is 278 g/mol. The first-order valence-electron chi connectivity index (χ1n) is 7.15. The van der Waals surface area contributed by atoms with Gasteiger partial charge in [0.25, 0.3) is 5.69 Å². The second-order valence-corrected chi connectivity index (χ2v) is 5.57. The van der Waals surface area contributed by atoms with Crippen LogP contribution in [0.2, 0.25) is 0 Å². The van der Waals surface area contributed by atoms with Crippen molar-refractivity contribution in [1.82, 2.24) is 10.3 Å². The third-order valence-electron chi connectivity index (χ3n) is 3.77. The van der Waals surface area contributed by atoms with E-state index in [-0.39, 0.29) is 5.69 Å². The molecule has 1 fully saturated rings. The number of nitrogens with zero attached hydrogens (tertiary/aromatic N) is 3. The zero-order valence-electron chi connectivity index (χ0n) is 12.1. The Morgan fingerprint density at radius 3 is 2.65 bits per heavy atom. The fourth-order valence-corrected chi connectivity index (χ4v) is 2.57. The topological polar surface area (TPSA) is 71.3 Å². The zero-order chi connectivity index (χ0) is 14.5. The highest BCUT2D eigenvalue weighted by Gasteiger charge is 2.20. The van der Waals surface area contributed by atoms with E-state index in [0.717, 1.165) is 25.5 Å². The summed E-state index contributed by atoms with van der Waals surface area (Å²) >= 11 is 0. The van der Waals surface area contributed by atoms with Gasteiger partial charge in [0.15, 0.2) is 0 Å². The number of rotatable bonds is 5. The molecule has 1 aromatic heterocycles. The van der Waals surface area contributed by atoms with Gasteiger partial charge in [-0.15, -0.1) is 0 Å². The lowest BCUT2D eigenvalue weighted by Gasteiger charge is -2.33. The largest absolute Gasteiger partial charge is 0.354 e. The number of piperidine rings is 1. The predicted molar refractivity (Wildman–Crippen MR) is 79.0 cm³/mol. The number of nitrogens with one attached hydrogen (secondary N) is 1. The Hall–Kier alpha value is -1.69. The first-order chi connectivity index (χ1) is 9.58. The minimum Gasteiger partial charge on any atom is -0.354 e. The molecule has 2 heterocycles. The van der Waals surface area contributed by atoms with Crippen molar-refractivity contribution in [2.45, 2.75) is 32.7 Å². The van der Waals surface area contributed by atoms with Crippen LogP contribution in [0.1, 0.15) is 26.7 Å². The second-order valence-electron chi connectivity index (χ2n) is 5.57. The molecular formula is C14H22N4O2. The fraction of sp³-hybridized carbons (Fsp3) is 0.643. The van der Waals surface area contributed by atoms with Crippen molar-refractivity contribution in [2.24, 2.45) is 5.92 Å². The maximum Gasteiger partial charge on any atom is 0.287 e. The molecule has 110 valence electrons. The number of hydrogen-bond donors (Lipinski definition) is 1. The highest BCUT2D eigenvalue weighted by Crippen LogP contribution is 2.22. The van der Waals surface area contributed by atoms with Crippen LogP contribution in [0.3, 0.4) is 0 Å². The van der Waals surface area contributed by atoms with Gasteiger partial charge < -0.3 is 10.2 Å². The molecule has 0 bridgehead atoms. The average molecular weight is 278 g/mol. The Bertz CT molecular complexity index is 441. The molecule has 0 aliphatic carbocycles. The lowest BCUT2D eigenvalue weighted by atomic mass is 9.97. The third kappa shape index (κ3) is 3.66. The van der Waals surface area contributed by atoms with E-state index in [1.54, 1.807) is 6.07 Å². The van der Waals surface area contributed by atoms with Crippen molar-refractivity contribution in [2.75, 3.05) is 24.5 Å². The Morgan fingerprint density at radius 2 is 2.15 bits per heavy atom. The summed E-state index contributed by atoms with van der Waals surface area (Å²) in [4.78, 5) is 16.8. The number of aromatic nitrogens is 1. The summed E-state index contributed by atoms with van der Waals surface area (Å²) in [5.74, 6) is 1.49. The Labute approximate surface area is 119 Å². The van der Waals surface area contributed by atoms with Gasteiger partial charge in [0, 0.05) is 18.7 Å². The highest BCUT2D eigenvalue weighted by molar-refractivity contribution is 5.43. The van der Waals surface area contributed by atoms with Crippen molar-refractivity contribution in [3.05, 3.63) is 28.4 Å². The minimum absolute atomic E-state index is 0.0410. The number of pyridine rings is 1. The quantitative estimate of drug-likeness (QED) is 0.660. The molecule has 0 unspecified atom stereocenters. The van der Waals surface area contributed by atoms with Crippen LogP contribution in [0.4, 0.5) is 11.5 Å². The van der Waals surface area contributed by atoms with Crippen molar-refractivity contribution in [3.63, 3.8) is 0 Å². The molecule has 6 heteroatoms. The van der Waals surface area contributed by atoms with Crippen LogP contribution in [0.15, 0.2) is 18.3 Å². The Morgan fingerprint density at radius 1 is 1.45 bits per heavy atom. The first kappa shape index (κ1) is 14.7. The SMILES string of the molecule is CC(C)N(CC1CCNCC1)c1ccc([N+](=O)[O-])cn1. The Kier molecular flexibility index (Phi) is 4.89. The lowest BCUT2D eigenvalue weighted by Crippen LogP contribution is -2.39. The average Bonchev–Trinajstić information content (AvgIpc) is 2.45. The van der Waals surface area contributed by atoms with Gasteiger partial charge in [0.05, 0.1) is 4.92 Å².